The highest BCUT2D eigenvalue weighted by atomic mass is 32.2. The number of hydrogen-bond acceptors (Lipinski definition) is 5. The zero-order chi connectivity index (χ0) is 15.3. The maximum atomic E-state index is 12.2. The van der Waals surface area contributed by atoms with Gasteiger partial charge in [0.1, 0.15) is 11.4 Å². The monoisotopic (exact) mass is 315 g/mol. The second-order valence-corrected chi connectivity index (χ2v) is 6.94. The van der Waals surface area contributed by atoms with Crippen LogP contribution in [-0.4, -0.2) is 45.5 Å². The second kappa shape index (κ2) is 6.74. The topological polar surface area (TPSA) is 84.9 Å². The van der Waals surface area contributed by atoms with Gasteiger partial charge in [-0.2, -0.15) is 0 Å². The van der Waals surface area contributed by atoms with Crippen LogP contribution in [0, 0.1) is 0 Å². The maximum absolute atomic E-state index is 12.2. The van der Waals surface area contributed by atoms with Crippen LogP contribution in [0.5, 0.6) is 5.75 Å². The van der Waals surface area contributed by atoms with Crippen molar-refractivity contribution in [3.8, 4) is 5.75 Å². The van der Waals surface area contributed by atoms with Gasteiger partial charge in [0, 0.05) is 19.6 Å². The highest BCUT2D eigenvalue weighted by molar-refractivity contribution is 7.89. The second-order valence-electron chi connectivity index (χ2n) is 5.17. The Hall–Kier alpha value is -1.15. The maximum Gasteiger partial charge on any atom is 0.240 e. The molecule has 1 fully saturated rings. The van der Waals surface area contributed by atoms with Gasteiger partial charge < -0.3 is 14.6 Å². The van der Waals surface area contributed by atoms with Crippen LogP contribution in [-0.2, 0) is 14.8 Å². The fraction of sp³-hybridized carbons (Fsp3) is 0.571. The number of ether oxygens (including phenoxy) is 2. The quantitative estimate of drug-likeness (QED) is 0.781. The van der Waals surface area contributed by atoms with Crippen LogP contribution in [0.3, 0.4) is 0 Å². The Labute approximate surface area is 125 Å². The normalized spacial score (nSPS) is 22.4. The lowest BCUT2D eigenvalue weighted by Gasteiger charge is -2.20. The van der Waals surface area contributed by atoms with E-state index in [1.54, 1.807) is 12.1 Å². The summed E-state index contributed by atoms with van der Waals surface area (Å²) < 4.78 is 37.2. The van der Waals surface area contributed by atoms with E-state index < -0.39 is 15.6 Å². The van der Waals surface area contributed by atoms with Gasteiger partial charge in [0.2, 0.25) is 10.0 Å². The molecule has 7 heteroatoms. The van der Waals surface area contributed by atoms with Crippen LogP contribution in [0.1, 0.15) is 19.8 Å². The van der Waals surface area contributed by atoms with E-state index in [0.717, 1.165) is 6.42 Å². The summed E-state index contributed by atoms with van der Waals surface area (Å²) in [7, 11) is -3.64. The van der Waals surface area contributed by atoms with Gasteiger partial charge >= 0.3 is 0 Å². The van der Waals surface area contributed by atoms with Gasteiger partial charge in [-0.1, -0.05) is 6.92 Å². The lowest BCUT2D eigenvalue weighted by molar-refractivity contribution is 0.0314. The predicted molar refractivity (Wildman–Crippen MR) is 77.8 cm³/mol. The first-order valence-electron chi connectivity index (χ1n) is 6.98. The molecule has 1 aromatic carbocycles. The minimum Gasteiger partial charge on any atom is -0.494 e. The molecule has 1 aliphatic rings. The summed E-state index contributed by atoms with van der Waals surface area (Å²) in [6.45, 7) is 3.14. The molecule has 1 aromatic rings. The molecular weight excluding hydrogens is 294 g/mol. The SMILES string of the molecule is CCCOc1ccc(S(=O)(=O)NCC2(O)CCOC2)cc1. The molecule has 1 heterocycles. The van der Waals surface area contributed by atoms with Crippen LogP contribution >= 0.6 is 0 Å². The van der Waals surface area contributed by atoms with E-state index >= 15 is 0 Å². The zero-order valence-corrected chi connectivity index (χ0v) is 12.9. The van der Waals surface area contributed by atoms with Gasteiger partial charge in [-0.15, -0.1) is 0 Å². The average Bonchev–Trinajstić information content (AvgIpc) is 2.91. The van der Waals surface area contributed by atoms with Crippen molar-refractivity contribution in [1.29, 1.82) is 0 Å². The molecule has 2 rings (SSSR count). The van der Waals surface area contributed by atoms with E-state index in [0.29, 0.717) is 25.4 Å². The van der Waals surface area contributed by atoms with Gasteiger partial charge in [0.25, 0.3) is 0 Å². The zero-order valence-electron chi connectivity index (χ0n) is 12.0. The molecular formula is C14H21NO5S. The van der Waals surface area contributed by atoms with Crippen LogP contribution < -0.4 is 9.46 Å². The van der Waals surface area contributed by atoms with Crippen molar-refractivity contribution in [3.05, 3.63) is 24.3 Å². The number of aliphatic hydroxyl groups is 1. The van der Waals surface area contributed by atoms with E-state index in [4.69, 9.17) is 9.47 Å². The van der Waals surface area contributed by atoms with Crippen molar-refractivity contribution >= 4 is 10.0 Å². The summed E-state index contributed by atoms with van der Waals surface area (Å²) in [6.07, 6.45) is 1.32. The molecule has 0 bridgehead atoms. The first-order chi connectivity index (χ1) is 9.95. The van der Waals surface area contributed by atoms with Gasteiger partial charge in [0.15, 0.2) is 0 Å². The molecule has 21 heavy (non-hydrogen) atoms. The standard InChI is InChI=1S/C14H21NO5S/c1-2-8-20-12-3-5-13(6-4-12)21(17,18)15-10-14(16)7-9-19-11-14/h3-6,15-16H,2,7-11H2,1H3. The number of nitrogens with one attached hydrogen (secondary N) is 1. The van der Waals surface area contributed by atoms with Gasteiger partial charge in [0.05, 0.1) is 18.1 Å². The van der Waals surface area contributed by atoms with Crippen molar-refractivity contribution in [2.45, 2.75) is 30.3 Å². The molecule has 1 saturated heterocycles. The molecule has 1 unspecified atom stereocenters. The molecule has 0 saturated carbocycles. The Kier molecular flexibility index (Phi) is 5.21. The molecule has 118 valence electrons. The Morgan fingerprint density at radius 1 is 1.38 bits per heavy atom. The van der Waals surface area contributed by atoms with Crippen LogP contribution in [0.25, 0.3) is 0 Å². The largest absolute Gasteiger partial charge is 0.494 e. The average molecular weight is 315 g/mol. The van der Waals surface area contributed by atoms with Crippen LogP contribution in [0.4, 0.5) is 0 Å². The van der Waals surface area contributed by atoms with Crippen molar-refractivity contribution < 1.29 is 23.0 Å². The Morgan fingerprint density at radius 2 is 2.10 bits per heavy atom. The van der Waals surface area contributed by atoms with E-state index in [1.165, 1.54) is 12.1 Å². The molecule has 2 N–H and O–H groups in total. The van der Waals surface area contributed by atoms with E-state index in [-0.39, 0.29) is 18.0 Å². The molecule has 0 spiro atoms. The minimum absolute atomic E-state index is 0.0522. The highest BCUT2D eigenvalue weighted by Crippen LogP contribution is 2.19. The molecule has 6 nitrogen and oxygen atoms in total. The first kappa shape index (κ1) is 16.2. The Morgan fingerprint density at radius 3 is 2.67 bits per heavy atom. The summed E-state index contributed by atoms with van der Waals surface area (Å²) in [4.78, 5) is 0.147. The molecule has 0 radical (unpaired) electrons. The lowest BCUT2D eigenvalue weighted by atomic mass is 10.1. The number of hydrogen-bond donors (Lipinski definition) is 2. The van der Waals surface area contributed by atoms with Crippen LogP contribution in [0.2, 0.25) is 0 Å². The van der Waals surface area contributed by atoms with Crippen molar-refractivity contribution in [2.75, 3.05) is 26.4 Å². The fourth-order valence-electron chi connectivity index (χ4n) is 1.98. The fourth-order valence-corrected chi connectivity index (χ4v) is 3.10. The third kappa shape index (κ3) is 4.41. The molecule has 1 aliphatic heterocycles. The van der Waals surface area contributed by atoms with E-state index in [9.17, 15) is 13.5 Å². The summed E-state index contributed by atoms with van der Waals surface area (Å²) in [6, 6.07) is 6.22. The van der Waals surface area contributed by atoms with Gasteiger partial charge in [-0.3, -0.25) is 0 Å². The third-order valence-corrected chi connectivity index (χ3v) is 4.70. The Bertz CT molecular complexity index is 549. The minimum atomic E-state index is -3.64. The van der Waals surface area contributed by atoms with Crippen molar-refractivity contribution in [2.24, 2.45) is 0 Å². The molecule has 1 atom stereocenters. The predicted octanol–water partition coefficient (Wildman–Crippen LogP) is 0.905. The number of rotatable bonds is 7. The molecule has 0 amide bonds. The number of benzene rings is 1. The molecule has 0 aromatic heterocycles. The van der Waals surface area contributed by atoms with E-state index in [1.807, 2.05) is 6.92 Å². The smallest absolute Gasteiger partial charge is 0.240 e. The van der Waals surface area contributed by atoms with Crippen LogP contribution in [0.15, 0.2) is 29.2 Å². The highest BCUT2D eigenvalue weighted by Gasteiger charge is 2.33. The summed E-state index contributed by atoms with van der Waals surface area (Å²) in [5.74, 6) is 0.638. The summed E-state index contributed by atoms with van der Waals surface area (Å²) in [5.41, 5.74) is -1.11. The Balaban J connectivity index is 1.98. The lowest BCUT2D eigenvalue weighted by Crippen LogP contribution is -2.43. The summed E-state index contributed by atoms with van der Waals surface area (Å²) >= 11 is 0. The van der Waals surface area contributed by atoms with Gasteiger partial charge in [-0.25, -0.2) is 13.1 Å². The number of sulfonamides is 1. The van der Waals surface area contributed by atoms with E-state index in [2.05, 4.69) is 4.72 Å². The first-order valence-corrected chi connectivity index (χ1v) is 8.46. The summed E-state index contributed by atoms with van der Waals surface area (Å²) in [5, 5.41) is 10.1. The third-order valence-electron chi connectivity index (χ3n) is 3.28. The van der Waals surface area contributed by atoms with Crippen molar-refractivity contribution in [1.82, 2.24) is 4.72 Å². The van der Waals surface area contributed by atoms with Crippen molar-refractivity contribution in [3.63, 3.8) is 0 Å². The van der Waals surface area contributed by atoms with Gasteiger partial charge in [-0.05, 0) is 30.7 Å². The molecule has 0 aliphatic carbocycles.